The minimum atomic E-state index is -1.18. The van der Waals surface area contributed by atoms with Crippen molar-refractivity contribution in [3.8, 4) is 5.88 Å². The second-order valence-corrected chi connectivity index (χ2v) is 2.80. The highest BCUT2D eigenvalue weighted by molar-refractivity contribution is 5.91. The maximum Gasteiger partial charge on any atom is 0.358 e. The molecule has 0 spiro atoms. The molecule has 2 heterocycles. The molecule has 0 fully saturated rings. The number of nitrogen functional groups attached to an aromatic ring is 1. The Labute approximate surface area is 84.1 Å². The minimum Gasteiger partial charge on any atom is -0.480 e. The van der Waals surface area contributed by atoms with Crippen LogP contribution in [-0.2, 0) is 0 Å². The average Bonchev–Trinajstić information content (AvgIpc) is 2.56. The summed E-state index contributed by atoms with van der Waals surface area (Å²) < 4.78 is 6.11. The fraction of sp³-hybridized carbons (Fsp3) is 0.125. The predicted octanol–water partition coefficient (Wildman–Crippen LogP) is 0.0183. The number of nitrogens with two attached hydrogens (primary N) is 1. The highest BCUT2D eigenvalue weighted by atomic mass is 16.5. The van der Waals surface area contributed by atoms with Gasteiger partial charge in [0.05, 0.1) is 7.11 Å². The van der Waals surface area contributed by atoms with Crippen molar-refractivity contribution in [2.45, 2.75) is 0 Å². The van der Waals surface area contributed by atoms with Gasteiger partial charge in [0.1, 0.15) is 0 Å². The van der Waals surface area contributed by atoms with Gasteiger partial charge in [-0.1, -0.05) is 0 Å². The van der Waals surface area contributed by atoms with E-state index in [1.807, 2.05) is 0 Å². The van der Waals surface area contributed by atoms with E-state index >= 15 is 0 Å². The van der Waals surface area contributed by atoms with E-state index in [1.165, 1.54) is 11.6 Å². The van der Waals surface area contributed by atoms with Gasteiger partial charge in [-0.2, -0.15) is 4.52 Å². The summed E-state index contributed by atoms with van der Waals surface area (Å²) in [6.07, 6.45) is 0. The number of imidazole rings is 1. The average molecular weight is 208 g/mol. The number of fused-ring (bicyclic) bond motifs is 1. The van der Waals surface area contributed by atoms with Crippen LogP contribution in [0.25, 0.3) is 5.65 Å². The van der Waals surface area contributed by atoms with Gasteiger partial charge in [-0.3, -0.25) is 0 Å². The zero-order valence-electron chi connectivity index (χ0n) is 7.84. The standard InChI is InChI=1S/C8H8N4O3/c1-15-5-3-2-4-10-6(8(13)14)7(9)12(4)11-5/h2-3H,9H2,1H3,(H,13,14). The van der Waals surface area contributed by atoms with E-state index in [9.17, 15) is 4.79 Å². The summed E-state index contributed by atoms with van der Waals surface area (Å²) in [5, 5.41) is 12.7. The van der Waals surface area contributed by atoms with Gasteiger partial charge in [0, 0.05) is 6.07 Å². The van der Waals surface area contributed by atoms with E-state index in [0.29, 0.717) is 11.5 Å². The van der Waals surface area contributed by atoms with Crippen molar-refractivity contribution < 1.29 is 14.6 Å². The zero-order chi connectivity index (χ0) is 11.0. The van der Waals surface area contributed by atoms with Crippen molar-refractivity contribution in [3.63, 3.8) is 0 Å². The van der Waals surface area contributed by atoms with Gasteiger partial charge < -0.3 is 15.6 Å². The van der Waals surface area contributed by atoms with Gasteiger partial charge in [0.25, 0.3) is 0 Å². The van der Waals surface area contributed by atoms with Crippen LogP contribution < -0.4 is 10.5 Å². The molecule has 0 saturated carbocycles. The molecule has 0 aliphatic heterocycles. The molecular formula is C8H8N4O3. The van der Waals surface area contributed by atoms with Crippen LogP contribution in [-0.4, -0.2) is 32.8 Å². The molecule has 2 rings (SSSR count). The second kappa shape index (κ2) is 3.12. The molecule has 3 N–H and O–H groups in total. The number of carboxylic acid groups (broad SMARTS) is 1. The number of aromatic nitrogens is 3. The maximum absolute atomic E-state index is 10.7. The molecule has 2 aromatic heterocycles. The molecule has 0 atom stereocenters. The monoisotopic (exact) mass is 208 g/mol. The largest absolute Gasteiger partial charge is 0.480 e. The summed E-state index contributed by atoms with van der Waals surface area (Å²) in [7, 11) is 1.46. The Morgan fingerprint density at radius 3 is 2.93 bits per heavy atom. The summed E-state index contributed by atoms with van der Waals surface area (Å²) in [6.45, 7) is 0. The van der Waals surface area contributed by atoms with E-state index in [4.69, 9.17) is 15.6 Å². The van der Waals surface area contributed by atoms with E-state index in [-0.39, 0.29) is 11.5 Å². The predicted molar refractivity (Wildman–Crippen MR) is 50.9 cm³/mol. The Hall–Kier alpha value is -2.31. The van der Waals surface area contributed by atoms with Gasteiger partial charge >= 0.3 is 5.97 Å². The third-order valence-electron chi connectivity index (χ3n) is 1.90. The molecule has 0 unspecified atom stereocenters. The van der Waals surface area contributed by atoms with E-state index in [2.05, 4.69) is 10.1 Å². The van der Waals surface area contributed by atoms with E-state index < -0.39 is 5.97 Å². The lowest BCUT2D eigenvalue weighted by molar-refractivity contribution is 0.0692. The van der Waals surface area contributed by atoms with Gasteiger partial charge in [0.2, 0.25) is 5.88 Å². The second-order valence-electron chi connectivity index (χ2n) is 2.80. The Balaban J connectivity index is 2.72. The molecule has 0 saturated heterocycles. The Morgan fingerprint density at radius 1 is 1.60 bits per heavy atom. The summed E-state index contributed by atoms with van der Waals surface area (Å²) in [6, 6.07) is 3.15. The van der Waals surface area contributed by atoms with Crippen LogP contribution in [0.15, 0.2) is 12.1 Å². The summed E-state index contributed by atoms with van der Waals surface area (Å²) >= 11 is 0. The minimum absolute atomic E-state index is 0.0172. The SMILES string of the molecule is COc1ccc2nc(C(=O)O)c(N)n2n1. The highest BCUT2D eigenvalue weighted by Crippen LogP contribution is 2.15. The first-order valence-electron chi connectivity index (χ1n) is 4.06. The normalized spacial score (nSPS) is 10.5. The maximum atomic E-state index is 10.7. The fourth-order valence-electron chi connectivity index (χ4n) is 1.20. The number of hydrogen-bond acceptors (Lipinski definition) is 5. The lowest BCUT2D eigenvalue weighted by Gasteiger charge is -1.99. The molecule has 7 heteroatoms. The number of nitrogens with zero attached hydrogens (tertiary/aromatic N) is 3. The molecule has 78 valence electrons. The van der Waals surface area contributed by atoms with Crippen molar-refractivity contribution in [1.82, 2.24) is 14.6 Å². The Morgan fingerprint density at radius 2 is 2.33 bits per heavy atom. The molecule has 2 aromatic rings. The molecule has 0 aromatic carbocycles. The lowest BCUT2D eigenvalue weighted by Crippen LogP contribution is -2.04. The Kier molecular flexibility index (Phi) is 1.93. The first-order valence-corrected chi connectivity index (χ1v) is 4.06. The molecule has 0 aliphatic carbocycles. The summed E-state index contributed by atoms with van der Waals surface area (Å²) in [4.78, 5) is 14.5. The molecule has 0 bridgehead atoms. The quantitative estimate of drug-likeness (QED) is 0.721. The van der Waals surface area contributed by atoms with E-state index in [0.717, 1.165) is 0 Å². The zero-order valence-corrected chi connectivity index (χ0v) is 7.84. The molecular weight excluding hydrogens is 200 g/mol. The first kappa shape index (κ1) is 9.25. The number of ether oxygens (including phenoxy) is 1. The van der Waals surface area contributed by atoms with Crippen molar-refractivity contribution >= 4 is 17.4 Å². The third-order valence-corrected chi connectivity index (χ3v) is 1.90. The molecule has 0 radical (unpaired) electrons. The van der Waals surface area contributed by atoms with Gasteiger partial charge in [-0.15, -0.1) is 5.10 Å². The van der Waals surface area contributed by atoms with Crippen molar-refractivity contribution in [2.24, 2.45) is 0 Å². The molecule has 15 heavy (non-hydrogen) atoms. The van der Waals surface area contributed by atoms with Crippen LogP contribution in [0.2, 0.25) is 0 Å². The molecule has 0 amide bonds. The topological polar surface area (TPSA) is 103 Å². The lowest BCUT2D eigenvalue weighted by atomic mass is 10.4. The number of methoxy groups -OCH3 is 1. The van der Waals surface area contributed by atoms with Crippen LogP contribution in [0, 0.1) is 0 Å². The summed E-state index contributed by atoms with van der Waals surface area (Å²) in [5.41, 5.74) is 5.72. The van der Waals surface area contributed by atoms with Crippen molar-refractivity contribution in [1.29, 1.82) is 0 Å². The number of rotatable bonds is 2. The van der Waals surface area contributed by atoms with Gasteiger partial charge in [-0.05, 0) is 6.07 Å². The fourth-order valence-corrected chi connectivity index (χ4v) is 1.20. The van der Waals surface area contributed by atoms with Gasteiger partial charge in [-0.25, -0.2) is 9.78 Å². The highest BCUT2D eigenvalue weighted by Gasteiger charge is 2.16. The third kappa shape index (κ3) is 1.33. The number of carboxylic acids is 1. The van der Waals surface area contributed by atoms with E-state index in [1.54, 1.807) is 12.1 Å². The van der Waals surface area contributed by atoms with Crippen LogP contribution in [0.3, 0.4) is 0 Å². The molecule has 7 nitrogen and oxygen atoms in total. The smallest absolute Gasteiger partial charge is 0.358 e. The number of anilines is 1. The number of aromatic carboxylic acids is 1. The number of carbonyl (C=O) groups is 1. The Bertz CT molecular complexity index is 534. The molecule has 0 aliphatic rings. The first-order chi connectivity index (χ1) is 7.13. The van der Waals surface area contributed by atoms with Crippen LogP contribution in [0.4, 0.5) is 5.82 Å². The van der Waals surface area contributed by atoms with Crippen molar-refractivity contribution in [2.75, 3.05) is 12.8 Å². The van der Waals surface area contributed by atoms with Crippen LogP contribution >= 0.6 is 0 Å². The van der Waals surface area contributed by atoms with Crippen molar-refractivity contribution in [3.05, 3.63) is 17.8 Å². The van der Waals surface area contributed by atoms with Gasteiger partial charge in [0.15, 0.2) is 17.2 Å². The van der Waals surface area contributed by atoms with Crippen LogP contribution in [0.5, 0.6) is 5.88 Å². The van der Waals surface area contributed by atoms with Crippen LogP contribution in [0.1, 0.15) is 10.5 Å². The number of hydrogen-bond donors (Lipinski definition) is 2. The summed E-state index contributed by atoms with van der Waals surface area (Å²) in [5.74, 6) is -0.864.